The van der Waals surface area contributed by atoms with E-state index in [9.17, 15) is 18.3 Å². The average molecular weight is 566 g/mol. The second kappa shape index (κ2) is 11.5. The third-order valence-electron chi connectivity index (χ3n) is 5.59. The van der Waals surface area contributed by atoms with Crippen LogP contribution in [0.25, 0.3) is 10.8 Å². The van der Waals surface area contributed by atoms with E-state index in [0.717, 1.165) is 25.1 Å². The number of nitrogens with zero attached hydrogens (tertiary/aromatic N) is 2. The van der Waals surface area contributed by atoms with Crippen molar-refractivity contribution in [1.29, 1.82) is 0 Å². The fraction of sp³-hybridized carbons (Fsp3) is 0.111. The van der Waals surface area contributed by atoms with Crippen molar-refractivity contribution in [2.24, 2.45) is 5.10 Å². The van der Waals surface area contributed by atoms with Gasteiger partial charge in [0.1, 0.15) is 5.75 Å². The van der Waals surface area contributed by atoms with Crippen LogP contribution in [0.2, 0.25) is 0 Å². The molecule has 4 rings (SSSR count). The van der Waals surface area contributed by atoms with Gasteiger partial charge >= 0.3 is 0 Å². The molecule has 4 aromatic carbocycles. The second-order valence-corrected chi connectivity index (χ2v) is 10.9. The van der Waals surface area contributed by atoms with Gasteiger partial charge in [-0.1, -0.05) is 76.6 Å². The summed E-state index contributed by atoms with van der Waals surface area (Å²) in [5, 5.41) is 15.9. The molecule has 0 fully saturated rings. The third kappa shape index (κ3) is 6.17. The van der Waals surface area contributed by atoms with E-state index in [1.54, 1.807) is 24.3 Å². The number of halogens is 1. The van der Waals surface area contributed by atoms with Crippen LogP contribution < -0.4 is 5.43 Å². The van der Waals surface area contributed by atoms with Crippen LogP contribution >= 0.6 is 15.9 Å². The highest BCUT2D eigenvalue weighted by atomic mass is 79.9. The zero-order valence-corrected chi connectivity index (χ0v) is 21.6. The summed E-state index contributed by atoms with van der Waals surface area (Å²) in [5.41, 5.74) is 3.80. The zero-order chi connectivity index (χ0) is 25.5. The van der Waals surface area contributed by atoms with E-state index in [0.29, 0.717) is 12.0 Å². The minimum absolute atomic E-state index is 0.0222. The maximum atomic E-state index is 13.3. The number of benzene rings is 4. The number of aromatic hydroxyl groups is 1. The maximum Gasteiger partial charge on any atom is 0.255 e. The van der Waals surface area contributed by atoms with Gasteiger partial charge in [0.05, 0.1) is 17.7 Å². The van der Waals surface area contributed by atoms with Crippen molar-refractivity contribution in [2.45, 2.75) is 11.3 Å². The van der Waals surface area contributed by atoms with Crippen LogP contribution in [-0.4, -0.2) is 43.0 Å². The minimum Gasteiger partial charge on any atom is -0.507 e. The molecule has 0 aliphatic rings. The highest BCUT2D eigenvalue weighted by molar-refractivity contribution is 9.10. The summed E-state index contributed by atoms with van der Waals surface area (Å²) in [6.45, 7) is -0.298. The third-order valence-corrected chi connectivity index (χ3v) is 7.98. The van der Waals surface area contributed by atoms with Crippen molar-refractivity contribution in [2.75, 3.05) is 13.1 Å². The lowest BCUT2D eigenvalue weighted by molar-refractivity contribution is -0.121. The van der Waals surface area contributed by atoms with E-state index in [-0.39, 0.29) is 17.2 Å². The first-order valence-corrected chi connectivity index (χ1v) is 13.4. The molecule has 0 radical (unpaired) electrons. The Hall–Kier alpha value is -3.53. The fourth-order valence-electron chi connectivity index (χ4n) is 3.72. The number of amides is 1. The predicted molar refractivity (Wildman–Crippen MR) is 144 cm³/mol. The number of sulfonamides is 1. The summed E-state index contributed by atoms with van der Waals surface area (Å²) in [5.74, 6) is -0.575. The van der Waals surface area contributed by atoms with E-state index >= 15 is 0 Å². The van der Waals surface area contributed by atoms with Gasteiger partial charge in [-0.25, -0.2) is 13.8 Å². The summed E-state index contributed by atoms with van der Waals surface area (Å²) >= 11 is 3.31. The Morgan fingerprint density at radius 3 is 2.39 bits per heavy atom. The molecule has 7 nitrogen and oxygen atoms in total. The summed E-state index contributed by atoms with van der Waals surface area (Å²) in [6.07, 6.45) is 1.80. The average Bonchev–Trinajstić information content (AvgIpc) is 2.88. The molecular formula is C27H24BrN3O4S. The van der Waals surface area contributed by atoms with Gasteiger partial charge in [-0.3, -0.25) is 4.79 Å². The Morgan fingerprint density at radius 2 is 1.64 bits per heavy atom. The highest BCUT2D eigenvalue weighted by Gasteiger charge is 2.26. The van der Waals surface area contributed by atoms with Crippen LogP contribution in [0.4, 0.5) is 0 Å². The van der Waals surface area contributed by atoms with Crippen LogP contribution in [0.15, 0.2) is 105 Å². The topological polar surface area (TPSA) is 99.1 Å². The molecule has 36 heavy (non-hydrogen) atoms. The van der Waals surface area contributed by atoms with Gasteiger partial charge in [-0.15, -0.1) is 0 Å². The Morgan fingerprint density at radius 1 is 0.944 bits per heavy atom. The van der Waals surface area contributed by atoms with E-state index in [1.165, 1.54) is 18.3 Å². The highest BCUT2D eigenvalue weighted by Crippen LogP contribution is 2.25. The molecule has 0 aliphatic carbocycles. The number of phenols is 1. The number of rotatable bonds is 9. The first-order chi connectivity index (χ1) is 17.3. The maximum absolute atomic E-state index is 13.3. The largest absolute Gasteiger partial charge is 0.507 e. The minimum atomic E-state index is -3.94. The molecule has 0 aliphatic heterocycles. The molecule has 0 bridgehead atoms. The van der Waals surface area contributed by atoms with Crippen LogP contribution in [0.1, 0.15) is 11.1 Å². The number of phenolic OH excluding ortho intramolecular Hbond substituents is 1. The molecule has 184 valence electrons. The molecule has 1 amide bonds. The number of carbonyl (C=O) groups excluding carboxylic acids is 1. The summed E-state index contributed by atoms with van der Waals surface area (Å²) in [4.78, 5) is 12.8. The van der Waals surface area contributed by atoms with Gasteiger partial charge in [0.2, 0.25) is 10.0 Å². The van der Waals surface area contributed by atoms with Crippen LogP contribution in [0, 0.1) is 0 Å². The van der Waals surface area contributed by atoms with Gasteiger partial charge < -0.3 is 5.11 Å². The molecule has 2 N–H and O–H groups in total. The summed E-state index contributed by atoms with van der Waals surface area (Å²) in [6, 6.07) is 26.6. The predicted octanol–water partition coefficient (Wildman–Crippen LogP) is 4.69. The van der Waals surface area contributed by atoms with Crippen molar-refractivity contribution >= 4 is 48.8 Å². The quantitative estimate of drug-likeness (QED) is 0.227. The van der Waals surface area contributed by atoms with Crippen molar-refractivity contribution < 1.29 is 18.3 Å². The Balaban J connectivity index is 1.52. The number of hydrazone groups is 1. The van der Waals surface area contributed by atoms with Crippen molar-refractivity contribution in [3.05, 3.63) is 107 Å². The number of fused-ring (bicyclic) bond motifs is 1. The van der Waals surface area contributed by atoms with Crippen LogP contribution in [0.3, 0.4) is 0 Å². The number of hydrogen-bond acceptors (Lipinski definition) is 5. The Kier molecular flexibility index (Phi) is 8.14. The van der Waals surface area contributed by atoms with E-state index in [4.69, 9.17) is 0 Å². The van der Waals surface area contributed by atoms with Gasteiger partial charge in [0.15, 0.2) is 0 Å². The Bertz CT molecular complexity index is 1490. The zero-order valence-electron chi connectivity index (χ0n) is 19.2. The molecule has 9 heteroatoms. The number of carbonyl (C=O) groups is 1. The molecule has 0 saturated carbocycles. The Labute approximate surface area is 218 Å². The molecule has 0 heterocycles. The lowest BCUT2D eigenvalue weighted by atomic mass is 10.0. The normalized spacial score (nSPS) is 11.8. The van der Waals surface area contributed by atoms with E-state index in [1.807, 2.05) is 54.6 Å². The molecule has 0 atom stereocenters. The van der Waals surface area contributed by atoms with Gasteiger partial charge in [-0.2, -0.15) is 9.41 Å². The molecule has 0 aromatic heterocycles. The summed E-state index contributed by atoms with van der Waals surface area (Å²) < 4.78 is 28.6. The molecule has 0 saturated heterocycles. The van der Waals surface area contributed by atoms with Crippen LogP contribution in [0.5, 0.6) is 5.75 Å². The van der Waals surface area contributed by atoms with Gasteiger partial charge in [0.25, 0.3) is 5.91 Å². The first-order valence-electron chi connectivity index (χ1n) is 11.2. The smallest absolute Gasteiger partial charge is 0.255 e. The van der Waals surface area contributed by atoms with Crippen molar-refractivity contribution in [3.8, 4) is 5.75 Å². The standard InChI is InChI=1S/C27H24BrN3O4S/c28-22-11-13-23(14-12-22)36(34,35)31(17-16-20-6-2-1-3-7-20)19-27(33)30-29-18-25-24-9-5-4-8-21(24)10-15-26(25)32/h1-15,18,32H,16-17,19H2,(H,30,33)/b29-18+. The monoisotopic (exact) mass is 565 g/mol. The fourth-order valence-corrected chi connectivity index (χ4v) is 5.38. The lowest BCUT2D eigenvalue weighted by Crippen LogP contribution is -2.40. The molecule has 4 aromatic rings. The summed E-state index contributed by atoms with van der Waals surface area (Å²) in [7, 11) is -3.94. The van der Waals surface area contributed by atoms with E-state index < -0.39 is 22.5 Å². The number of nitrogens with one attached hydrogen (secondary N) is 1. The number of hydrogen-bond donors (Lipinski definition) is 2. The molecule has 0 spiro atoms. The first kappa shape index (κ1) is 25.6. The molecular weight excluding hydrogens is 542 g/mol. The van der Waals surface area contributed by atoms with Crippen molar-refractivity contribution in [1.82, 2.24) is 9.73 Å². The lowest BCUT2D eigenvalue weighted by Gasteiger charge is -2.21. The van der Waals surface area contributed by atoms with E-state index in [2.05, 4.69) is 26.5 Å². The van der Waals surface area contributed by atoms with Crippen LogP contribution in [-0.2, 0) is 21.2 Å². The molecule has 0 unspecified atom stereocenters. The van der Waals surface area contributed by atoms with Gasteiger partial charge in [0, 0.05) is 16.6 Å². The van der Waals surface area contributed by atoms with Crippen molar-refractivity contribution in [3.63, 3.8) is 0 Å². The van der Waals surface area contributed by atoms with Gasteiger partial charge in [-0.05, 0) is 53.1 Å². The second-order valence-electron chi connectivity index (χ2n) is 8.04. The SMILES string of the molecule is O=C(CN(CCc1ccccc1)S(=O)(=O)c1ccc(Br)cc1)N/N=C/c1c(O)ccc2ccccc12.